The molecule has 0 radical (unpaired) electrons. The Kier molecular flexibility index (Phi) is 3.51. The van der Waals surface area contributed by atoms with E-state index in [0.717, 1.165) is 0 Å². The third kappa shape index (κ3) is 2.34. The molecular formula is C20H13ClO3. The third-order valence-electron chi connectivity index (χ3n) is 3.97. The largest absolute Gasteiger partial charge is 0.444 e. The first-order valence-electron chi connectivity index (χ1n) is 7.52. The summed E-state index contributed by atoms with van der Waals surface area (Å²) in [6.07, 6.45) is 0. The Morgan fingerprint density at radius 2 is 1.50 bits per heavy atom. The molecule has 0 saturated heterocycles. The average molecular weight is 337 g/mol. The van der Waals surface area contributed by atoms with Gasteiger partial charge in [-0.25, -0.2) is 4.79 Å². The standard InChI is InChI=1S/C20H13ClO3/c21-15-12-10-14(11-13-15)20(23-16-6-2-1-3-7-16)18-9-5-4-8-17(18)19(22)24-20/h1-13H. The van der Waals surface area contributed by atoms with Crippen molar-refractivity contribution in [1.82, 2.24) is 0 Å². The van der Waals surface area contributed by atoms with Gasteiger partial charge in [0.15, 0.2) is 0 Å². The van der Waals surface area contributed by atoms with Crippen LogP contribution in [0.2, 0.25) is 5.02 Å². The number of carbonyl (C=O) groups is 1. The SMILES string of the molecule is O=C1OC(Oc2ccccc2)(c2ccc(Cl)cc2)c2ccccc21. The second-order valence-corrected chi connectivity index (χ2v) is 5.91. The number of hydrogen-bond acceptors (Lipinski definition) is 3. The van der Waals surface area contributed by atoms with E-state index in [9.17, 15) is 4.79 Å². The van der Waals surface area contributed by atoms with Gasteiger partial charge in [-0.15, -0.1) is 0 Å². The number of cyclic esters (lactones) is 1. The Morgan fingerprint density at radius 3 is 2.25 bits per heavy atom. The molecule has 4 rings (SSSR count). The van der Waals surface area contributed by atoms with Crippen molar-refractivity contribution in [2.75, 3.05) is 0 Å². The van der Waals surface area contributed by atoms with Crippen LogP contribution in [0.1, 0.15) is 21.5 Å². The first-order chi connectivity index (χ1) is 11.7. The fourth-order valence-corrected chi connectivity index (χ4v) is 2.99. The minimum absolute atomic E-state index is 0.406. The maximum absolute atomic E-state index is 12.4. The number of esters is 1. The summed E-state index contributed by atoms with van der Waals surface area (Å²) in [5.41, 5.74) is 1.89. The van der Waals surface area contributed by atoms with E-state index in [0.29, 0.717) is 27.5 Å². The van der Waals surface area contributed by atoms with Crippen LogP contribution >= 0.6 is 11.6 Å². The highest BCUT2D eigenvalue weighted by Gasteiger charge is 2.49. The minimum atomic E-state index is -1.32. The van der Waals surface area contributed by atoms with Crippen molar-refractivity contribution in [3.05, 3.63) is 101 Å². The number of ether oxygens (including phenoxy) is 2. The molecule has 0 bridgehead atoms. The topological polar surface area (TPSA) is 35.5 Å². The van der Waals surface area contributed by atoms with Gasteiger partial charge in [0.2, 0.25) is 0 Å². The Labute approximate surface area is 144 Å². The zero-order chi connectivity index (χ0) is 16.6. The minimum Gasteiger partial charge on any atom is -0.444 e. The molecule has 3 nitrogen and oxygen atoms in total. The molecule has 1 unspecified atom stereocenters. The molecule has 1 aliphatic rings. The lowest BCUT2D eigenvalue weighted by atomic mass is 9.95. The van der Waals surface area contributed by atoms with Crippen LogP contribution in [0.4, 0.5) is 0 Å². The van der Waals surface area contributed by atoms with Crippen LogP contribution in [-0.2, 0) is 10.5 Å². The third-order valence-corrected chi connectivity index (χ3v) is 4.22. The van der Waals surface area contributed by atoms with Crippen molar-refractivity contribution in [3.63, 3.8) is 0 Å². The summed E-state index contributed by atoms with van der Waals surface area (Å²) in [7, 11) is 0. The van der Waals surface area contributed by atoms with Crippen LogP contribution in [0.5, 0.6) is 5.75 Å². The van der Waals surface area contributed by atoms with Crippen LogP contribution in [0.25, 0.3) is 0 Å². The van der Waals surface area contributed by atoms with Gasteiger partial charge >= 0.3 is 11.8 Å². The molecule has 24 heavy (non-hydrogen) atoms. The van der Waals surface area contributed by atoms with E-state index < -0.39 is 11.8 Å². The van der Waals surface area contributed by atoms with E-state index in [4.69, 9.17) is 21.1 Å². The van der Waals surface area contributed by atoms with Gasteiger partial charge in [-0.3, -0.25) is 0 Å². The molecule has 4 heteroatoms. The van der Waals surface area contributed by atoms with E-state index in [1.54, 1.807) is 36.4 Å². The first kappa shape index (κ1) is 14.8. The molecule has 1 aliphatic heterocycles. The molecule has 0 amide bonds. The predicted octanol–water partition coefficient (Wildman–Crippen LogP) is 4.79. The summed E-state index contributed by atoms with van der Waals surface area (Å²) in [6, 6.07) is 23.7. The normalized spacial score (nSPS) is 18.8. The first-order valence-corrected chi connectivity index (χ1v) is 7.90. The Bertz CT molecular complexity index is 890. The monoisotopic (exact) mass is 336 g/mol. The highest BCUT2D eigenvalue weighted by atomic mass is 35.5. The van der Waals surface area contributed by atoms with Crippen LogP contribution < -0.4 is 4.74 Å². The van der Waals surface area contributed by atoms with Crippen LogP contribution in [0.3, 0.4) is 0 Å². The van der Waals surface area contributed by atoms with Gasteiger partial charge in [0, 0.05) is 10.6 Å². The highest BCUT2D eigenvalue weighted by Crippen LogP contribution is 2.43. The molecule has 1 atom stereocenters. The molecule has 0 saturated carbocycles. The van der Waals surface area contributed by atoms with E-state index >= 15 is 0 Å². The maximum Gasteiger partial charge on any atom is 0.342 e. The van der Waals surface area contributed by atoms with Crippen LogP contribution in [0.15, 0.2) is 78.9 Å². The van der Waals surface area contributed by atoms with Crippen molar-refractivity contribution < 1.29 is 14.3 Å². The molecular weight excluding hydrogens is 324 g/mol. The Morgan fingerprint density at radius 1 is 0.833 bits per heavy atom. The number of fused-ring (bicyclic) bond motifs is 1. The van der Waals surface area contributed by atoms with Gasteiger partial charge in [0.1, 0.15) is 5.75 Å². The molecule has 118 valence electrons. The summed E-state index contributed by atoms with van der Waals surface area (Å²) in [4.78, 5) is 12.4. The summed E-state index contributed by atoms with van der Waals surface area (Å²) in [5, 5.41) is 0.603. The Hall–Kier alpha value is -2.78. The summed E-state index contributed by atoms with van der Waals surface area (Å²) >= 11 is 6.00. The van der Waals surface area contributed by atoms with Crippen molar-refractivity contribution >= 4 is 17.6 Å². The fourth-order valence-electron chi connectivity index (χ4n) is 2.86. The van der Waals surface area contributed by atoms with Crippen LogP contribution in [0, 0.1) is 0 Å². The summed E-state index contributed by atoms with van der Waals surface area (Å²) < 4.78 is 11.9. The van der Waals surface area contributed by atoms with Crippen molar-refractivity contribution in [2.45, 2.75) is 5.79 Å². The molecule has 0 spiro atoms. The van der Waals surface area contributed by atoms with Gasteiger partial charge in [-0.1, -0.05) is 41.9 Å². The molecule has 0 aromatic heterocycles. The molecule has 3 aromatic rings. The van der Waals surface area contributed by atoms with Gasteiger partial charge in [0.25, 0.3) is 0 Å². The van der Waals surface area contributed by atoms with Crippen molar-refractivity contribution in [1.29, 1.82) is 0 Å². The molecule has 3 aromatic carbocycles. The van der Waals surface area contributed by atoms with Gasteiger partial charge in [-0.05, 0) is 48.5 Å². The zero-order valence-electron chi connectivity index (χ0n) is 12.6. The second kappa shape index (κ2) is 5.69. The Balaban J connectivity index is 1.91. The number of hydrogen-bond donors (Lipinski definition) is 0. The van der Waals surface area contributed by atoms with Gasteiger partial charge in [0.05, 0.1) is 11.1 Å². The lowest BCUT2D eigenvalue weighted by Crippen LogP contribution is -2.34. The predicted molar refractivity (Wildman–Crippen MR) is 91.2 cm³/mol. The average Bonchev–Trinajstić information content (AvgIpc) is 2.90. The second-order valence-electron chi connectivity index (χ2n) is 5.47. The lowest BCUT2D eigenvalue weighted by Gasteiger charge is -2.30. The number of rotatable bonds is 3. The van der Waals surface area contributed by atoms with Gasteiger partial charge in [-0.2, -0.15) is 0 Å². The number of carbonyl (C=O) groups excluding carboxylic acids is 1. The summed E-state index contributed by atoms with van der Waals surface area (Å²) in [5.74, 6) is -1.12. The smallest absolute Gasteiger partial charge is 0.342 e. The van der Waals surface area contributed by atoms with Crippen LogP contribution in [-0.4, -0.2) is 5.97 Å². The lowest BCUT2D eigenvalue weighted by molar-refractivity contribution is -0.108. The highest BCUT2D eigenvalue weighted by molar-refractivity contribution is 6.30. The number of benzene rings is 3. The number of para-hydroxylation sites is 1. The molecule has 0 N–H and O–H groups in total. The van der Waals surface area contributed by atoms with E-state index in [2.05, 4.69) is 0 Å². The van der Waals surface area contributed by atoms with Gasteiger partial charge < -0.3 is 9.47 Å². The molecule has 1 heterocycles. The van der Waals surface area contributed by atoms with Crippen molar-refractivity contribution in [2.24, 2.45) is 0 Å². The summed E-state index contributed by atoms with van der Waals surface area (Å²) in [6.45, 7) is 0. The van der Waals surface area contributed by atoms with E-state index in [1.165, 1.54) is 0 Å². The zero-order valence-corrected chi connectivity index (χ0v) is 13.4. The molecule has 0 aliphatic carbocycles. The van der Waals surface area contributed by atoms with Crippen molar-refractivity contribution in [3.8, 4) is 5.75 Å². The van der Waals surface area contributed by atoms with E-state index in [-0.39, 0.29) is 0 Å². The fraction of sp³-hybridized carbons (Fsp3) is 0.0500. The number of halogens is 1. The maximum atomic E-state index is 12.4. The quantitative estimate of drug-likeness (QED) is 0.645. The van der Waals surface area contributed by atoms with E-state index in [1.807, 2.05) is 42.5 Å². The molecule has 0 fully saturated rings.